The van der Waals surface area contributed by atoms with E-state index in [-0.39, 0.29) is 29.8 Å². The normalized spacial score (nSPS) is 17.6. The Morgan fingerprint density at radius 1 is 0.923 bits per heavy atom. The molecule has 1 atom stereocenters. The Bertz CT molecular complexity index is 1260. The molecule has 3 aromatic carbocycles. The van der Waals surface area contributed by atoms with Crippen LogP contribution in [0.15, 0.2) is 83.3 Å². The van der Waals surface area contributed by atoms with E-state index in [4.69, 9.17) is 11.6 Å². The van der Waals surface area contributed by atoms with Crippen molar-refractivity contribution in [1.82, 2.24) is 15.1 Å². The van der Waals surface area contributed by atoms with Crippen LogP contribution in [0.4, 0.5) is 0 Å². The van der Waals surface area contributed by atoms with E-state index in [1.165, 1.54) is 5.56 Å². The van der Waals surface area contributed by atoms with Gasteiger partial charge in [-0.2, -0.15) is 0 Å². The molecule has 0 bridgehead atoms. The summed E-state index contributed by atoms with van der Waals surface area (Å²) in [7, 11) is 0. The van der Waals surface area contributed by atoms with Gasteiger partial charge in [0.2, 0.25) is 5.91 Å². The molecule has 0 aliphatic carbocycles. The zero-order valence-corrected chi connectivity index (χ0v) is 25.0. The van der Waals surface area contributed by atoms with E-state index in [2.05, 4.69) is 50.4 Å². The van der Waals surface area contributed by atoms with Crippen molar-refractivity contribution in [2.24, 2.45) is 5.41 Å². The Balaban J connectivity index is 0.00000353. The van der Waals surface area contributed by atoms with Gasteiger partial charge >= 0.3 is 0 Å². The molecule has 2 aliphatic heterocycles. The van der Waals surface area contributed by atoms with E-state index >= 15 is 0 Å². The lowest BCUT2D eigenvalue weighted by Crippen LogP contribution is -2.45. The molecule has 8 heteroatoms. The molecule has 2 fully saturated rings. The maximum absolute atomic E-state index is 13.4. The molecule has 0 aromatic heterocycles. The van der Waals surface area contributed by atoms with Crippen molar-refractivity contribution < 1.29 is 9.59 Å². The number of piperidine rings is 1. The highest BCUT2D eigenvalue weighted by Gasteiger charge is 2.47. The first-order valence-corrected chi connectivity index (χ1v) is 14.5. The Morgan fingerprint density at radius 3 is 2.26 bits per heavy atom. The zero-order valence-electron chi connectivity index (χ0n) is 21.8. The van der Waals surface area contributed by atoms with Crippen LogP contribution in [0.25, 0.3) is 0 Å². The summed E-state index contributed by atoms with van der Waals surface area (Å²) in [4.78, 5) is 30.9. The number of nitrogens with zero attached hydrogens (tertiary/aromatic N) is 2. The Kier molecular flexibility index (Phi) is 10.1. The number of hydrogen-bond acceptors (Lipinski definition) is 3. The van der Waals surface area contributed by atoms with Gasteiger partial charge in [0.25, 0.3) is 5.91 Å². The van der Waals surface area contributed by atoms with Crippen molar-refractivity contribution >= 4 is 51.8 Å². The quantitative estimate of drug-likeness (QED) is 0.295. The average molecular weight is 631 g/mol. The molecule has 5 nitrogen and oxygen atoms in total. The molecule has 2 saturated heterocycles. The van der Waals surface area contributed by atoms with Gasteiger partial charge < -0.3 is 15.1 Å². The van der Waals surface area contributed by atoms with Crippen LogP contribution in [0.2, 0.25) is 5.02 Å². The van der Waals surface area contributed by atoms with E-state index in [1.54, 1.807) is 12.1 Å². The van der Waals surface area contributed by atoms with Crippen LogP contribution in [0.3, 0.4) is 0 Å². The monoisotopic (exact) mass is 629 g/mol. The first-order valence-electron chi connectivity index (χ1n) is 13.3. The zero-order chi connectivity index (χ0) is 26.5. The van der Waals surface area contributed by atoms with Crippen molar-refractivity contribution in [2.45, 2.75) is 38.3 Å². The molecule has 0 radical (unpaired) electrons. The van der Waals surface area contributed by atoms with Crippen molar-refractivity contribution in [1.29, 1.82) is 0 Å². The number of benzene rings is 3. The average Bonchev–Trinajstić information content (AvgIpc) is 3.23. The van der Waals surface area contributed by atoms with Crippen LogP contribution < -0.4 is 5.32 Å². The summed E-state index contributed by atoms with van der Waals surface area (Å²) < 4.78 is 1.05. The van der Waals surface area contributed by atoms with E-state index in [1.807, 2.05) is 47.4 Å². The van der Waals surface area contributed by atoms with Gasteiger partial charge in [-0.1, -0.05) is 82.1 Å². The number of carbonyl (C=O) groups is 2. The Labute approximate surface area is 250 Å². The SMILES string of the molecule is Cl.O=C(NC(CCN1CCC2(CC1)CCN(Cc1ccc(Br)cc1)C2=O)c1ccccc1)c1ccccc1Cl. The number of rotatable bonds is 8. The minimum atomic E-state index is -0.219. The van der Waals surface area contributed by atoms with Crippen LogP contribution in [-0.2, 0) is 11.3 Å². The summed E-state index contributed by atoms with van der Waals surface area (Å²) in [6.07, 6.45) is 3.52. The predicted molar refractivity (Wildman–Crippen MR) is 162 cm³/mol. The predicted octanol–water partition coefficient (Wildman–Crippen LogP) is 6.90. The molecule has 1 spiro atoms. The Hall–Kier alpha value is -2.38. The summed E-state index contributed by atoms with van der Waals surface area (Å²) in [6, 6.07) is 25.3. The fourth-order valence-electron chi connectivity index (χ4n) is 5.72. The minimum absolute atomic E-state index is 0. The highest BCUT2D eigenvalue weighted by Crippen LogP contribution is 2.42. The molecule has 0 saturated carbocycles. The molecule has 2 amide bonds. The van der Waals surface area contributed by atoms with Gasteiger partial charge in [-0.25, -0.2) is 0 Å². The third-order valence-electron chi connectivity index (χ3n) is 8.06. The lowest BCUT2D eigenvalue weighted by molar-refractivity contribution is -0.138. The molecule has 2 heterocycles. The van der Waals surface area contributed by atoms with Crippen LogP contribution >= 0.6 is 39.9 Å². The summed E-state index contributed by atoms with van der Waals surface area (Å²) in [5.41, 5.74) is 2.52. The topological polar surface area (TPSA) is 52.7 Å². The first kappa shape index (κ1) is 29.6. The number of likely N-dealkylation sites (tertiary alicyclic amines) is 2. The summed E-state index contributed by atoms with van der Waals surface area (Å²) >= 11 is 9.76. The van der Waals surface area contributed by atoms with Gasteiger partial charge in [0.05, 0.1) is 22.0 Å². The smallest absolute Gasteiger partial charge is 0.253 e. The highest BCUT2D eigenvalue weighted by atomic mass is 79.9. The second kappa shape index (κ2) is 13.3. The third kappa shape index (κ3) is 7.04. The first-order chi connectivity index (χ1) is 18.4. The fraction of sp³-hybridized carbons (Fsp3) is 0.355. The largest absolute Gasteiger partial charge is 0.345 e. The van der Waals surface area contributed by atoms with E-state index in [9.17, 15) is 9.59 Å². The fourth-order valence-corrected chi connectivity index (χ4v) is 6.21. The number of nitrogens with one attached hydrogen (secondary N) is 1. The summed E-state index contributed by atoms with van der Waals surface area (Å²) in [5, 5.41) is 3.66. The van der Waals surface area contributed by atoms with Crippen molar-refractivity contribution in [3.63, 3.8) is 0 Å². The molecule has 39 heavy (non-hydrogen) atoms. The van der Waals surface area contributed by atoms with Gasteiger partial charge in [0, 0.05) is 24.1 Å². The maximum atomic E-state index is 13.4. The Morgan fingerprint density at radius 2 is 1.56 bits per heavy atom. The molecule has 2 aliphatic rings. The van der Waals surface area contributed by atoms with Gasteiger partial charge in [0.15, 0.2) is 0 Å². The van der Waals surface area contributed by atoms with Crippen LogP contribution in [-0.4, -0.2) is 47.8 Å². The van der Waals surface area contributed by atoms with Gasteiger partial charge in [-0.15, -0.1) is 12.4 Å². The van der Waals surface area contributed by atoms with Crippen molar-refractivity contribution in [3.8, 4) is 0 Å². The molecule has 1 N–H and O–H groups in total. The second-order valence-electron chi connectivity index (χ2n) is 10.4. The molecular formula is C31H34BrCl2N3O2. The molecule has 206 valence electrons. The summed E-state index contributed by atoms with van der Waals surface area (Å²) in [5.74, 6) is 0.152. The second-order valence-corrected chi connectivity index (χ2v) is 11.8. The lowest BCUT2D eigenvalue weighted by atomic mass is 9.77. The molecule has 3 aromatic rings. The van der Waals surface area contributed by atoms with Crippen LogP contribution in [0.5, 0.6) is 0 Å². The number of halogens is 3. The third-order valence-corrected chi connectivity index (χ3v) is 8.92. The van der Waals surface area contributed by atoms with Crippen LogP contribution in [0, 0.1) is 5.41 Å². The highest BCUT2D eigenvalue weighted by molar-refractivity contribution is 9.10. The lowest BCUT2D eigenvalue weighted by Gasteiger charge is -2.38. The standard InChI is InChI=1S/C31H33BrClN3O2.ClH/c32-25-12-10-23(11-13-25)22-36-21-17-31(30(36)38)15-19-35(20-16-31)18-14-28(24-6-2-1-3-7-24)34-29(37)26-8-4-5-9-27(26)33;/h1-13,28H,14-22H2,(H,34,37);1H. The van der Waals surface area contributed by atoms with Gasteiger partial charge in [-0.05, 0) is 74.2 Å². The minimum Gasteiger partial charge on any atom is -0.345 e. The van der Waals surface area contributed by atoms with Crippen LogP contribution in [0.1, 0.15) is 53.2 Å². The molecule has 1 unspecified atom stereocenters. The van der Waals surface area contributed by atoms with E-state index < -0.39 is 0 Å². The van der Waals surface area contributed by atoms with E-state index in [0.717, 1.165) is 61.9 Å². The number of amides is 2. The summed E-state index contributed by atoms with van der Waals surface area (Å²) in [6.45, 7) is 4.17. The maximum Gasteiger partial charge on any atom is 0.253 e. The molecule has 5 rings (SSSR count). The van der Waals surface area contributed by atoms with Crippen molar-refractivity contribution in [3.05, 3.63) is 105 Å². The van der Waals surface area contributed by atoms with E-state index in [0.29, 0.717) is 23.0 Å². The van der Waals surface area contributed by atoms with Gasteiger partial charge in [-0.3, -0.25) is 9.59 Å². The number of carbonyl (C=O) groups excluding carboxylic acids is 2. The van der Waals surface area contributed by atoms with Crippen molar-refractivity contribution in [2.75, 3.05) is 26.2 Å². The molecular weight excluding hydrogens is 597 g/mol. The number of hydrogen-bond donors (Lipinski definition) is 1. The van der Waals surface area contributed by atoms with Gasteiger partial charge in [0.1, 0.15) is 0 Å².